The van der Waals surface area contributed by atoms with Crippen molar-refractivity contribution in [2.45, 2.75) is 51.4 Å². The Labute approximate surface area is 117 Å². The van der Waals surface area contributed by atoms with Gasteiger partial charge in [0.1, 0.15) is 0 Å². The third kappa shape index (κ3) is 4.00. The highest BCUT2D eigenvalue weighted by Gasteiger charge is 2.20. The fourth-order valence-corrected chi connectivity index (χ4v) is 2.95. The summed E-state index contributed by atoms with van der Waals surface area (Å²) in [4.78, 5) is 0. The number of benzene rings is 1. The Morgan fingerprint density at radius 3 is 2.42 bits per heavy atom. The first-order valence-electron chi connectivity index (χ1n) is 7.56. The largest absolute Gasteiger partial charge is 0.115 e. The van der Waals surface area contributed by atoms with Crippen molar-refractivity contribution in [1.82, 2.24) is 0 Å². The molecule has 0 unspecified atom stereocenters. The van der Waals surface area contributed by atoms with Crippen molar-refractivity contribution in [2.75, 3.05) is 0 Å². The third-order valence-corrected chi connectivity index (χ3v) is 4.18. The van der Waals surface area contributed by atoms with Crippen LogP contribution < -0.4 is 0 Å². The summed E-state index contributed by atoms with van der Waals surface area (Å²) in [7, 11) is 0. The number of hydrogen-bond donors (Lipinski definition) is 0. The molecule has 0 heteroatoms. The lowest BCUT2D eigenvalue weighted by Gasteiger charge is -2.27. The smallest absolute Gasteiger partial charge is 0.0242 e. The van der Waals surface area contributed by atoms with Crippen molar-refractivity contribution < 1.29 is 0 Å². The lowest BCUT2D eigenvalue weighted by Crippen LogP contribution is -2.11. The van der Waals surface area contributed by atoms with Crippen molar-refractivity contribution in [2.24, 2.45) is 5.92 Å². The molecule has 0 radical (unpaired) electrons. The standard InChI is InChI=1S/C19H24/c1-3-5-6-7-17-10-14-19(15-11-17)18-12-8-16(4-2)9-13-18/h2,6-9,12-13,17,19H,3,5,10-11,14-15H2,1H3/b7-6+/t17-,19-. The molecule has 1 aliphatic rings. The van der Waals surface area contributed by atoms with Gasteiger partial charge < -0.3 is 0 Å². The average molecular weight is 252 g/mol. The van der Waals surface area contributed by atoms with Crippen molar-refractivity contribution in [3.05, 3.63) is 47.5 Å². The SMILES string of the molecule is C#Cc1ccc([C@H]2CC[C@H](/C=C/CCC)CC2)cc1. The summed E-state index contributed by atoms with van der Waals surface area (Å²) in [6, 6.07) is 8.57. The molecule has 1 saturated carbocycles. The highest BCUT2D eigenvalue weighted by molar-refractivity contribution is 5.35. The van der Waals surface area contributed by atoms with E-state index in [4.69, 9.17) is 6.42 Å². The van der Waals surface area contributed by atoms with Gasteiger partial charge in [0.15, 0.2) is 0 Å². The zero-order valence-corrected chi connectivity index (χ0v) is 11.9. The maximum Gasteiger partial charge on any atom is 0.0242 e. The second kappa shape index (κ2) is 7.19. The Bertz CT molecular complexity index is 436. The molecule has 0 amide bonds. The second-order valence-electron chi connectivity index (χ2n) is 5.59. The average Bonchev–Trinajstić information content (AvgIpc) is 2.48. The highest BCUT2D eigenvalue weighted by atomic mass is 14.2. The third-order valence-electron chi connectivity index (χ3n) is 4.18. The Kier molecular flexibility index (Phi) is 5.28. The molecule has 0 saturated heterocycles. The van der Waals surface area contributed by atoms with E-state index in [1.165, 1.54) is 44.1 Å². The minimum absolute atomic E-state index is 0.739. The normalized spacial score (nSPS) is 23.4. The number of rotatable bonds is 4. The fraction of sp³-hybridized carbons (Fsp3) is 0.474. The van der Waals surface area contributed by atoms with E-state index in [1.54, 1.807) is 0 Å². The molecular formula is C19H24. The zero-order valence-electron chi connectivity index (χ0n) is 11.9. The second-order valence-corrected chi connectivity index (χ2v) is 5.59. The van der Waals surface area contributed by atoms with Crippen LogP contribution in [0.4, 0.5) is 0 Å². The molecular weight excluding hydrogens is 228 g/mol. The van der Waals surface area contributed by atoms with E-state index >= 15 is 0 Å². The summed E-state index contributed by atoms with van der Waals surface area (Å²) in [6.07, 6.45) is 18.0. The lowest BCUT2D eigenvalue weighted by molar-refractivity contribution is 0.375. The molecule has 2 rings (SSSR count). The number of hydrogen-bond acceptors (Lipinski definition) is 0. The van der Waals surface area contributed by atoms with Crippen LogP contribution in [0, 0.1) is 18.3 Å². The van der Waals surface area contributed by atoms with Gasteiger partial charge in [-0.1, -0.05) is 43.5 Å². The van der Waals surface area contributed by atoms with Crippen molar-refractivity contribution >= 4 is 0 Å². The summed E-state index contributed by atoms with van der Waals surface area (Å²) in [5.74, 6) is 4.24. The Hall–Kier alpha value is -1.48. The molecule has 0 aliphatic heterocycles. The summed E-state index contributed by atoms with van der Waals surface area (Å²) in [6.45, 7) is 2.24. The van der Waals surface area contributed by atoms with Gasteiger partial charge in [-0.2, -0.15) is 0 Å². The summed E-state index contributed by atoms with van der Waals surface area (Å²) >= 11 is 0. The molecule has 1 fully saturated rings. The first-order valence-corrected chi connectivity index (χ1v) is 7.56. The lowest BCUT2D eigenvalue weighted by atomic mass is 9.78. The van der Waals surface area contributed by atoms with E-state index in [0.717, 1.165) is 17.4 Å². The number of allylic oxidation sites excluding steroid dienone is 2. The molecule has 1 aromatic carbocycles. The van der Waals surface area contributed by atoms with Crippen LogP contribution in [0.5, 0.6) is 0 Å². The topological polar surface area (TPSA) is 0 Å². The molecule has 0 N–H and O–H groups in total. The predicted octanol–water partition coefficient (Wildman–Crippen LogP) is 5.30. The molecule has 0 heterocycles. The summed E-state index contributed by atoms with van der Waals surface area (Å²) < 4.78 is 0. The Morgan fingerprint density at radius 1 is 1.16 bits per heavy atom. The number of unbranched alkanes of at least 4 members (excludes halogenated alkanes) is 1. The van der Waals surface area contributed by atoms with E-state index in [1.807, 2.05) is 0 Å². The van der Waals surface area contributed by atoms with Crippen LogP contribution in [0.1, 0.15) is 62.5 Å². The maximum absolute atomic E-state index is 5.40. The molecule has 1 aromatic rings. The van der Waals surface area contributed by atoms with Gasteiger partial charge >= 0.3 is 0 Å². The minimum Gasteiger partial charge on any atom is -0.115 e. The summed E-state index contributed by atoms with van der Waals surface area (Å²) in [5, 5.41) is 0. The maximum atomic E-state index is 5.40. The van der Waals surface area contributed by atoms with Gasteiger partial charge in [-0.25, -0.2) is 0 Å². The van der Waals surface area contributed by atoms with Crippen LogP contribution in [-0.4, -0.2) is 0 Å². The van der Waals surface area contributed by atoms with E-state index in [0.29, 0.717) is 0 Å². The molecule has 0 spiro atoms. The van der Waals surface area contributed by atoms with Gasteiger partial charge in [-0.05, 0) is 61.6 Å². The monoisotopic (exact) mass is 252 g/mol. The van der Waals surface area contributed by atoms with Gasteiger partial charge in [-0.15, -0.1) is 6.42 Å². The van der Waals surface area contributed by atoms with E-state index in [9.17, 15) is 0 Å². The van der Waals surface area contributed by atoms with Crippen molar-refractivity contribution in [3.8, 4) is 12.3 Å². The van der Waals surface area contributed by atoms with Crippen LogP contribution in [0.25, 0.3) is 0 Å². The molecule has 1 aliphatic carbocycles. The first-order chi connectivity index (χ1) is 9.33. The van der Waals surface area contributed by atoms with Crippen molar-refractivity contribution in [3.63, 3.8) is 0 Å². The Balaban J connectivity index is 1.87. The van der Waals surface area contributed by atoms with Gasteiger partial charge in [0.2, 0.25) is 0 Å². The molecule has 0 nitrogen and oxygen atoms in total. The molecule has 19 heavy (non-hydrogen) atoms. The van der Waals surface area contributed by atoms with Crippen LogP contribution in [-0.2, 0) is 0 Å². The predicted molar refractivity (Wildman–Crippen MR) is 83.1 cm³/mol. The molecule has 0 aromatic heterocycles. The van der Waals surface area contributed by atoms with E-state index in [2.05, 4.69) is 49.3 Å². The van der Waals surface area contributed by atoms with Crippen LogP contribution >= 0.6 is 0 Å². The highest BCUT2D eigenvalue weighted by Crippen LogP contribution is 2.36. The summed E-state index contributed by atoms with van der Waals surface area (Å²) in [5.41, 5.74) is 2.45. The van der Waals surface area contributed by atoms with Gasteiger partial charge in [0.25, 0.3) is 0 Å². The fourth-order valence-electron chi connectivity index (χ4n) is 2.95. The Morgan fingerprint density at radius 2 is 1.84 bits per heavy atom. The van der Waals surface area contributed by atoms with Gasteiger partial charge in [-0.3, -0.25) is 0 Å². The molecule has 0 atom stereocenters. The zero-order chi connectivity index (χ0) is 13.5. The van der Waals surface area contributed by atoms with Crippen LogP contribution in [0.3, 0.4) is 0 Å². The van der Waals surface area contributed by atoms with Crippen LogP contribution in [0.15, 0.2) is 36.4 Å². The van der Waals surface area contributed by atoms with Gasteiger partial charge in [0.05, 0.1) is 0 Å². The quantitative estimate of drug-likeness (QED) is 0.504. The first kappa shape index (κ1) is 13.9. The van der Waals surface area contributed by atoms with Crippen molar-refractivity contribution in [1.29, 1.82) is 0 Å². The molecule has 0 bridgehead atoms. The van der Waals surface area contributed by atoms with Crippen LogP contribution in [0.2, 0.25) is 0 Å². The molecule has 100 valence electrons. The van der Waals surface area contributed by atoms with E-state index < -0.39 is 0 Å². The minimum atomic E-state index is 0.739. The number of terminal acetylenes is 1. The van der Waals surface area contributed by atoms with Gasteiger partial charge in [0, 0.05) is 5.56 Å². The van der Waals surface area contributed by atoms with E-state index in [-0.39, 0.29) is 0 Å².